The first-order valence-electron chi connectivity index (χ1n) is 19.8. The van der Waals surface area contributed by atoms with Gasteiger partial charge in [-0.15, -0.1) is 0 Å². The Balaban J connectivity index is 0.00000306. The van der Waals surface area contributed by atoms with E-state index in [2.05, 4.69) is 55.4 Å². The second kappa shape index (κ2) is 31.2. The molecule has 1 unspecified atom stereocenters. The number of benzene rings is 1. The molecule has 1 aromatic rings. The smallest absolute Gasteiger partial charge is 0.509 e. The van der Waals surface area contributed by atoms with Crippen LogP contribution < -0.4 is 4.65 Å². The molecule has 0 bridgehead atoms. The highest BCUT2D eigenvalue weighted by atomic mass is 19.1. The van der Waals surface area contributed by atoms with Gasteiger partial charge in [-0.05, 0) is 44.2 Å². The molecular formula is C40H77BFNO3. The predicted molar refractivity (Wildman–Crippen MR) is 200 cm³/mol. The van der Waals surface area contributed by atoms with E-state index in [1.165, 1.54) is 64.2 Å². The van der Waals surface area contributed by atoms with Gasteiger partial charge in [-0.25, -0.2) is 4.39 Å². The van der Waals surface area contributed by atoms with Gasteiger partial charge in [0.1, 0.15) is 11.8 Å². The van der Waals surface area contributed by atoms with Crippen molar-refractivity contribution in [2.75, 3.05) is 32.8 Å². The molecule has 6 heteroatoms. The van der Waals surface area contributed by atoms with Crippen molar-refractivity contribution in [3.8, 4) is 5.75 Å². The van der Waals surface area contributed by atoms with Crippen LogP contribution in [0.4, 0.5) is 4.39 Å². The number of nitrogens with zero attached hydrogens (tertiary/aromatic N) is 1. The molecule has 0 radical (unpaired) electrons. The zero-order valence-electron chi connectivity index (χ0n) is 31.8. The molecule has 0 spiro atoms. The van der Waals surface area contributed by atoms with Gasteiger partial charge in [-0.3, -0.25) is 0 Å². The highest BCUT2D eigenvalue weighted by Gasteiger charge is 2.38. The molecule has 0 heterocycles. The van der Waals surface area contributed by atoms with Gasteiger partial charge in [0.05, 0.1) is 19.6 Å². The normalized spacial score (nSPS) is 12.1. The van der Waals surface area contributed by atoms with Gasteiger partial charge in [0, 0.05) is 25.2 Å². The molecule has 0 N–H and O–H groups in total. The molecular weight excluding hydrogens is 572 g/mol. The monoisotopic (exact) mass is 650 g/mol. The average molecular weight is 650 g/mol. The van der Waals surface area contributed by atoms with Crippen molar-refractivity contribution < 1.29 is 22.8 Å². The summed E-state index contributed by atoms with van der Waals surface area (Å²) in [5.74, 6) is 0.0207. The molecule has 0 aliphatic heterocycles. The lowest BCUT2D eigenvalue weighted by molar-refractivity contribution is -0.958. The molecule has 4 nitrogen and oxygen atoms in total. The fourth-order valence-electron chi connectivity index (χ4n) is 6.16. The standard InChI is InChI=1S/C34H64BFNO3.C6H13/c1-7-13-18-20-29-38-35(39-30-21-19-14-8-2)40-33-25-22-24-31(34(33)36)32(23-12-6)37(26-15-9-3,27-16-10-4)28-17-11-5;1-3-5-6-4-2/h22,24-25,32H,7-21,23,26-30H2,1-6H3;1,3-6H2,2H3/q+1;-1. The van der Waals surface area contributed by atoms with Crippen LogP contribution in [-0.2, 0) is 9.31 Å². The Morgan fingerprint density at radius 2 is 1.11 bits per heavy atom. The molecule has 0 aliphatic rings. The van der Waals surface area contributed by atoms with Crippen molar-refractivity contribution in [1.82, 2.24) is 0 Å². The quantitative estimate of drug-likeness (QED) is 0.0359. The summed E-state index contributed by atoms with van der Waals surface area (Å²) in [6.07, 6.45) is 23.0. The van der Waals surface area contributed by atoms with Crippen LogP contribution >= 0.6 is 0 Å². The molecule has 0 saturated heterocycles. The summed E-state index contributed by atoms with van der Waals surface area (Å²) in [4.78, 5) is 0. The minimum Gasteiger partial charge on any atom is -0.509 e. The second-order valence-corrected chi connectivity index (χ2v) is 13.2. The molecule has 270 valence electrons. The van der Waals surface area contributed by atoms with E-state index in [0.717, 1.165) is 93.9 Å². The van der Waals surface area contributed by atoms with E-state index < -0.39 is 7.32 Å². The maximum Gasteiger partial charge on any atom is 0.713 e. The molecule has 0 aromatic heterocycles. The summed E-state index contributed by atoms with van der Waals surface area (Å²) in [6, 6.07) is 5.84. The third kappa shape index (κ3) is 19.7. The van der Waals surface area contributed by atoms with E-state index in [9.17, 15) is 0 Å². The highest BCUT2D eigenvalue weighted by molar-refractivity contribution is 6.37. The van der Waals surface area contributed by atoms with Gasteiger partial charge in [0.25, 0.3) is 0 Å². The third-order valence-corrected chi connectivity index (χ3v) is 9.03. The summed E-state index contributed by atoms with van der Waals surface area (Å²) >= 11 is 0. The second-order valence-electron chi connectivity index (χ2n) is 13.2. The lowest BCUT2D eigenvalue weighted by Crippen LogP contribution is -2.53. The zero-order chi connectivity index (χ0) is 34.3. The van der Waals surface area contributed by atoms with Crippen LogP contribution in [0, 0.1) is 12.7 Å². The van der Waals surface area contributed by atoms with Gasteiger partial charge in [0.15, 0.2) is 5.82 Å². The maximum atomic E-state index is 16.4. The Kier molecular flexibility index (Phi) is 30.4. The number of hydrogen-bond acceptors (Lipinski definition) is 3. The van der Waals surface area contributed by atoms with E-state index in [0.29, 0.717) is 13.2 Å². The van der Waals surface area contributed by atoms with E-state index in [1.54, 1.807) is 6.07 Å². The highest BCUT2D eigenvalue weighted by Crippen LogP contribution is 2.38. The Labute approximate surface area is 287 Å². The van der Waals surface area contributed by atoms with Crippen molar-refractivity contribution in [1.29, 1.82) is 0 Å². The summed E-state index contributed by atoms with van der Waals surface area (Å²) in [7, 11) is -0.878. The van der Waals surface area contributed by atoms with E-state index in [-0.39, 0.29) is 17.6 Å². The largest absolute Gasteiger partial charge is 0.713 e. The summed E-state index contributed by atoms with van der Waals surface area (Å²) in [5, 5.41) is 0. The molecule has 1 rings (SSSR count). The Morgan fingerprint density at radius 3 is 1.52 bits per heavy atom. The molecule has 0 aliphatic carbocycles. The molecule has 1 atom stereocenters. The van der Waals surface area contributed by atoms with E-state index in [4.69, 9.17) is 14.0 Å². The number of rotatable bonds is 30. The number of unbranched alkanes of at least 4 members (excludes halogenated alkanes) is 12. The number of halogens is 1. The minimum absolute atomic E-state index is 0.126. The molecule has 46 heavy (non-hydrogen) atoms. The fraction of sp³-hybridized carbons (Fsp3) is 0.825. The predicted octanol–water partition coefficient (Wildman–Crippen LogP) is 12.8. The summed E-state index contributed by atoms with van der Waals surface area (Å²) in [6.45, 7) is 23.8. The zero-order valence-corrected chi connectivity index (χ0v) is 31.8. The van der Waals surface area contributed by atoms with Crippen molar-refractivity contribution in [3.05, 3.63) is 36.5 Å². The van der Waals surface area contributed by atoms with Crippen LogP contribution in [0.1, 0.15) is 188 Å². The van der Waals surface area contributed by atoms with Gasteiger partial charge in [-0.1, -0.05) is 138 Å². The third-order valence-electron chi connectivity index (χ3n) is 9.03. The first-order valence-corrected chi connectivity index (χ1v) is 19.8. The van der Waals surface area contributed by atoms with Gasteiger partial charge < -0.3 is 25.4 Å². The average Bonchev–Trinajstić information content (AvgIpc) is 3.07. The lowest BCUT2D eigenvalue weighted by Gasteiger charge is -2.46. The van der Waals surface area contributed by atoms with Gasteiger partial charge >= 0.3 is 7.32 Å². The van der Waals surface area contributed by atoms with Crippen LogP contribution in [0.3, 0.4) is 0 Å². The molecule has 0 saturated carbocycles. The fourth-order valence-corrected chi connectivity index (χ4v) is 6.16. The summed E-state index contributed by atoms with van der Waals surface area (Å²) in [5.41, 5.74) is 0.798. The Bertz CT molecular complexity index is 756. The van der Waals surface area contributed by atoms with Crippen LogP contribution in [0.2, 0.25) is 0 Å². The Morgan fingerprint density at radius 1 is 0.630 bits per heavy atom. The first kappa shape index (κ1) is 44.9. The molecule has 0 amide bonds. The van der Waals surface area contributed by atoms with Crippen LogP contribution in [0.25, 0.3) is 0 Å². The van der Waals surface area contributed by atoms with Crippen LogP contribution in [-0.4, -0.2) is 44.7 Å². The first-order chi connectivity index (χ1) is 22.4. The molecule has 0 fully saturated rings. The SMILES string of the molecule is CCCCCCOB(OCCCCCC)Oc1cccc(C(CCC)[N+](CCCC)(CCCC)CCCC)c1F.[CH2-]CCCCC. The van der Waals surface area contributed by atoms with Gasteiger partial charge in [-0.2, -0.15) is 6.42 Å². The van der Waals surface area contributed by atoms with Crippen LogP contribution in [0.15, 0.2) is 18.2 Å². The lowest BCUT2D eigenvalue weighted by atomic mass is 9.94. The van der Waals surface area contributed by atoms with Crippen molar-refractivity contribution >= 4 is 7.32 Å². The van der Waals surface area contributed by atoms with Gasteiger partial charge in [0.2, 0.25) is 0 Å². The van der Waals surface area contributed by atoms with Crippen molar-refractivity contribution in [2.24, 2.45) is 0 Å². The molecule has 1 aromatic carbocycles. The minimum atomic E-state index is -0.878. The van der Waals surface area contributed by atoms with E-state index >= 15 is 4.39 Å². The van der Waals surface area contributed by atoms with Crippen molar-refractivity contribution in [2.45, 2.75) is 183 Å². The topological polar surface area (TPSA) is 27.7 Å². The maximum absolute atomic E-state index is 16.4. The van der Waals surface area contributed by atoms with E-state index in [1.807, 2.05) is 12.1 Å². The number of quaternary nitrogens is 1. The van der Waals surface area contributed by atoms with Crippen molar-refractivity contribution in [3.63, 3.8) is 0 Å². The summed E-state index contributed by atoms with van der Waals surface area (Å²) < 4.78 is 35.6. The Hall–Kier alpha value is -1.11. The number of hydrogen-bond donors (Lipinski definition) is 0. The van der Waals surface area contributed by atoms with Crippen LogP contribution in [0.5, 0.6) is 5.75 Å².